The van der Waals surface area contributed by atoms with Gasteiger partial charge in [-0.25, -0.2) is 0 Å². The molecule has 1 aromatic heterocycles. The summed E-state index contributed by atoms with van der Waals surface area (Å²) in [5, 5.41) is 12.1. The van der Waals surface area contributed by atoms with Crippen LogP contribution >= 0.6 is 11.8 Å². The van der Waals surface area contributed by atoms with Crippen LogP contribution < -0.4 is 5.32 Å². The number of thioether (sulfide) groups is 1. The van der Waals surface area contributed by atoms with Crippen LogP contribution in [0.25, 0.3) is 17.1 Å². The molecule has 30 heavy (non-hydrogen) atoms. The van der Waals surface area contributed by atoms with E-state index in [1.165, 1.54) is 17.3 Å². The summed E-state index contributed by atoms with van der Waals surface area (Å²) in [5.74, 6) is 0.671. The Morgan fingerprint density at radius 2 is 1.53 bits per heavy atom. The molecule has 3 aromatic carbocycles. The third kappa shape index (κ3) is 4.44. The van der Waals surface area contributed by atoms with Gasteiger partial charge in [0.25, 0.3) is 0 Å². The lowest BCUT2D eigenvalue weighted by Crippen LogP contribution is -2.22. The second-order valence-corrected chi connectivity index (χ2v) is 8.27. The molecule has 0 fully saturated rings. The van der Waals surface area contributed by atoms with Crippen molar-refractivity contribution in [2.45, 2.75) is 24.3 Å². The third-order valence-corrected chi connectivity index (χ3v) is 5.69. The molecule has 4 rings (SSSR count). The molecule has 0 aliphatic heterocycles. The average molecular weight is 415 g/mol. The number of carbonyl (C=O) groups is 1. The number of hydrogen-bond donors (Lipinski definition) is 1. The first-order chi connectivity index (χ1) is 14.6. The van der Waals surface area contributed by atoms with Gasteiger partial charge in [0.05, 0.1) is 5.25 Å². The first-order valence-corrected chi connectivity index (χ1v) is 10.6. The fraction of sp³-hybridized carbons (Fsp3) is 0.125. The third-order valence-electron chi connectivity index (χ3n) is 4.65. The molecular formula is C24H22N4OS. The molecule has 0 aliphatic carbocycles. The van der Waals surface area contributed by atoms with E-state index < -0.39 is 0 Å². The highest BCUT2D eigenvalue weighted by Crippen LogP contribution is 2.30. The Kier molecular flexibility index (Phi) is 5.95. The molecule has 0 spiro atoms. The van der Waals surface area contributed by atoms with Crippen LogP contribution in [0.2, 0.25) is 0 Å². The van der Waals surface area contributed by atoms with E-state index in [9.17, 15) is 4.79 Å². The minimum Gasteiger partial charge on any atom is -0.325 e. The largest absolute Gasteiger partial charge is 0.325 e. The minimum absolute atomic E-state index is 0.0781. The van der Waals surface area contributed by atoms with E-state index in [1.807, 2.05) is 84.3 Å². The van der Waals surface area contributed by atoms with Gasteiger partial charge in [-0.2, -0.15) is 0 Å². The molecule has 0 radical (unpaired) electrons. The van der Waals surface area contributed by atoms with Crippen LogP contribution in [0.3, 0.4) is 0 Å². The fourth-order valence-electron chi connectivity index (χ4n) is 3.02. The average Bonchev–Trinajstić information content (AvgIpc) is 3.19. The predicted octanol–water partition coefficient (Wildman–Crippen LogP) is 5.36. The molecule has 6 heteroatoms. The summed E-state index contributed by atoms with van der Waals surface area (Å²) < 4.78 is 2.00. The number of nitrogens with zero attached hydrogens (tertiary/aromatic N) is 3. The molecule has 150 valence electrons. The van der Waals surface area contributed by atoms with Crippen LogP contribution in [0, 0.1) is 6.92 Å². The van der Waals surface area contributed by atoms with Gasteiger partial charge in [0.15, 0.2) is 11.0 Å². The molecule has 1 amide bonds. The highest BCUT2D eigenvalue weighted by atomic mass is 32.2. The number of hydrogen-bond acceptors (Lipinski definition) is 4. The standard InChI is InChI=1S/C24H22N4OS/c1-17-13-15-19(16-14-17)22-26-27-24(28(22)21-11-7-4-8-12-21)30-18(2)23(29)25-20-9-5-3-6-10-20/h3-16,18H,1-2H3,(H,25,29)/t18-/m1/s1. The Morgan fingerprint density at radius 1 is 0.900 bits per heavy atom. The van der Waals surface area contributed by atoms with Gasteiger partial charge in [0.1, 0.15) is 0 Å². The van der Waals surface area contributed by atoms with Crippen molar-refractivity contribution >= 4 is 23.4 Å². The molecular weight excluding hydrogens is 392 g/mol. The molecule has 4 aromatic rings. The maximum absolute atomic E-state index is 12.7. The van der Waals surface area contributed by atoms with Crippen LogP contribution in [0.15, 0.2) is 90.1 Å². The van der Waals surface area contributed by atoms with Crippen LogP contribution in [0.4, 0.5) is 5.69 Å². The lowest BCUT2D eigenvalue weighted by atomic mass is 10.1. The SMILES string of the molecule is Cc1ccc(-c2nnc(S[C@H](C)C(=O)Nc3ccccc3)n2-c2ccccc2)cc1. The lowest BCUT2D eigenvalue weighted by Gasteiger charge is -2.14. The van der Waals surface area contributed by atoms with Gasteiger partial charge in [-0.05, 0) is 38.1 Å². The molecule has 0 aliphatic rings. The van der Waals surface area contributed by atoms with E-state index in [2.05, 4.69) is 34.6 Å². The number of nitrogens with one attached hydrogen (secondary N) is 1. The van der Waals surface area contributed by atoms with Gasteiger partial charge in [0, 0.05) is 16.9 Å². The van der Waals surface area contributed by atoms with E-state index in [0.717, 1.165) is 22.8 Å². The van der Waals surface area contributed by atoms with E-state index in [1.54, 1.807) is 0 Å². The molecule has 1 atom stereocenters. The summed E-state index contributed by atoms with van der Waals surface area (Å²) in [4.78, 5) is 12.7. The van der Waals surface area contributed by atoms with Gasteiger partial charge in [-0.3, -0.25) is 9.36 Å². The van der Waals surface area contributed by atoms with Crippen LogP contribution in [-0.2, 0) is 4.79 Å². The number of amides is 1. The van der Waals surface area contributed by atoms with Crippen molar-refractivity contribution in [3.63, 3.8) is 0 Å². The van der Waals surface area contributed by atoms with E-state index in [-0.39, 0.29) is 11.2 Å². The molecule has 1 N–H and O–H groups in total. The fourth-order valence-corrected chi connectivity index (χ4v) is 3.89. The van der Waals surface area contributed by atoms with Gasteiger partial charge in [0.2, 0.25) is 5.91 Å². The number of para-hydroxylation sites is 2. The van der Waals surface area contributed by atoms with Crippen LogP contribution in [0.1, 0.15) is 12.5 Å². The number of aromatic nitrogens is 3. The van der Waals surface area contributed by atoms with Gasteiger partial charge >= 0.3 is 0 Å². The smallest absolute Gasteiger partial charge is 0.237 e. The Labute approximate surface area is 180 Å². The maximum Gasteiger partial charge on any atom is 0.237 e. The second-order valence-electron chi connectivity index (χ2n) is 6.96. The number of benzene rings is 3. The van der Waals surface area contributed by atoms with Crippen molar-refractivity contribution < 1.29 is 4.79 Å². The first-order valence-electron chi connectivity index (χ1n) is 9.72. The zero-order valence-electron chi connectivity index (χ0n) is 16.8. The molecule has 0 saturated carbocycles. The Balaban J connectivity index is 1.64. The summed E-state index contributed by atoms with van der Waals surface area (Å²) in [7, 11) is 0. The zero-order chi connectivity index (χ0) is 20.9. The number of aryl methyl sites for hydroxylation is 1. The molecule has 5 nitrogen and oxygen atoms in total. The number of anilines is 1. The van der Waals surface area contributed by atoms with Crippen LogP contribution in [-0.4, -0.2) is 25.9 Å². The van der Waals surface area contributed by atoms with E-state index in [0.29, 0.717) is 5.16 Å². The van der Waals surface area contributed by atoms with Crippen molar-refractivity contribution in [3.05, 3.63) is 90.5 Å². The summed E-state index contributed by atoms with van der Waals surface area (Å²) >= 11 is 1.39. The second kappa shape index (κ2) is 8.97. The summed E-state index contributed by atoms with van der Waals surface area (Å²) in [6.07, 6.45) is 0. The topological polar surface area (TPSA) is 59.8 Å². The predicted molar refractivity (Wildman–Crippen MR) is 122 cm³/mol. The maximum atomic E-state index is 12.7. The van der Waals surface area contributed by atoms with Gasteiger partial charge < -0.3 is 5.32 Å². The Hall–Kier alpha value is -3.38. The summed E-state index contributed by atoms with van der Waals surface area (Å²) in [6.45, 7) is 3.93. The first kappa shape index (κ1) is 19.9. The van der Waals surface area contributed by atoms with Crippen molar-refractivity contribution in [1.82, 2.24) is 14.8 Å². The summed E-state index contributed by atoms with van der Waals surface area (Å²) in [5.41, 5.74) is 3.89. The van der Waals surface area contributed by atoms with Crippen molar-refractivity contribution in [2.24, 2.45) is 0 Å². The van der Waals surface area contributed by atoms with Crippen molar-refractivity contribution in [3.8, 4) is 17.1 Å². The van der Waals surface area contributed by atoms with Gasteiger partial charge in [-0.1, -0.05) is 78.0 Å². The van der Waals surface area contributed by atoms with Gasteiger partial charge in [-0.15, -0.1) is 10.2 Å². The highest BCUT2D eigenvalue weighted by Gasteiger charge is 2.22. The highest BCUT2D eigenvalue weighted by molar-refractivity contribution is 8.00. The molecule has 0 bridgehead atoms. The Morgan fingerprint density at radius 3 is 2.20 bits per heavy atom. The Bertz CT molecular complexity index is 1130. The zero-order valence-corrected chi connectivity index (χ0v) is 17.6. The van der Waals surface area contributed by atoms with Crippen molar-refractivity contribution in [1.29, 1.82) is 0 Å². The lowest BCUT2D eigenvalue weighted by molar-refractivity contribution is -0.115. The quantitative estimate of drug-likeness (QED) is 0.431. The summed E-state index contributed by atoms with van der Waals surface area (Å²) in [6, 6.07) is 27.6. The van der Waals surface area contributed by atoms with Crippen LogP contribution in [0.5, 0.6) is 0 Å². The minimum atomic E-state index is -0.345. The van der Waals surface area contributed by atoms with Crippen molar-refractivity contribution in [2.75, 3.05) is 5.32 Å². The normalized spacial score (nSPS) is 11.8. The molecule has 0 unspecified atom stereocenters. The van der Waals surface area contributed by atoms with E-state index >= 15 is 0 Å². The molecule has 0 saturated heterocycles. The molecule has 1 heterocycles. The monoisotopic (exact) mass is 414 g/mol. The number of rotatable bonds is 6. The number of carbonyl (C=O) groups excluding carboxylic acids is 1. The van der Waals surface area contributed by atoms with E-state index in [4.69, 9.17) is 0 Å².